The van der Waals surface area contributed by atoms with Crippen LogP contribution in [-0.2, 0) is 56.0 Å². The molecular weight excluding hydrogens is 1100 g/mol. The van der Waals surface area contributed by atoms with Crippen LogP contribution in [0.5, 0.6) is 0 Å². The Balaban J connectivity index is 0.000000468. The van der Waals surface area contributed by atoms with Gasteiger partial charge in [0.1, 0.15) is 6.15 Å². The van der Waals surface area contributed by atoms with Crippen molar-refractivity contribution in [2.24, 2.45) is 0 Å². The Hall–Kier alpha value is -7.37. The van der Waals surface area contributed by atoms with Crippen molar-refractivity contribution in [3.05, 3.63) is 188 Å². The quantitative estimate of drug-likeness (QED) is 0.0361. The molecule has 0 radical (unpaired) electrons. The molecule has 0 aliphatic heterocycles. The van der Waals surface area contributed by atoms with Crippen molar-refractivity contribution < 1.29 is 120 Å². The maximum atomic E-state index is 14.2. The van der Waals surface area contributed by atoms with Gasteiger partial charge in [-0.2, -0.15) is 132 Å². The summed E-state index contributed by atoms with van der Waals surface area (Å²) >= 11 is 0. The van der Waals surface area contributed by atoms with E-state index in [-0.39, 0.29) is 5.69 Å². The van der Waals surface area contributed by atoms with E-state index in [9.17, 15) is 120 Å². The van der Waals surface area contributed by atoms with Gasteiger partial charge >= 0.3 is 49.4 Å². The molecule has 0 amide bonds. The number of hydrogen-bond donors (Lipinski definition) is 0. The summed E-state index contributed by atoms with van der Waals surface area (Å²) in [7, 11) is 0. The number of halogens is 24. The van der Waals surface area contributed by atoms with Crippen LogP contribution in [0.4, 0.5) is 105 Å². The topological polar surface area (TPSA) is 77.0 Å². The molecule has 6 aromatic rings. The molecule has 0 saturated heterocycles. The second kappa shape index (κ2) is 20.6. The Morgan fingerprint density at radius 2 is 0.711 bits per heavy atom. The zero-order valence-corrected chi connectivity index (χ0v) is 36.7. The van der Waals surface area contributed by atoms with Gasteiger partial charge in [-0.05, 0) is 24.3 Å². The van der Waals surface area contributed by atoms with Crippen LogP contribution in [0.3, 0.4) is 0 Å². The standard InChI is InChI=1S/C32H12BF24.C13H12N3O3/c34-25(35,36)13-1-14(26(37,38)39)6-21(5-13)33(22-7-15(27(40,41)42)2-16(8-22)28(43,44)45,23-9-17(29(46,47)48)3-18(10-23)30(49,50)51)24-11-19(31(52,53)54)4-20(12-24)32(55,56)57;17-13(10-16(18)19)12-9-15(7-6-14-12)8-11-4-2-1-3-5-11/h1-12H;1-7,9H,8,10H2/q-1;+1. The highest BCUT2D eigenvalue weighted by molar-refractivity contribution is 7.20. The Morgan fingerprint density at radius 3 is 0.947 bits per heavy atom. The van der Waals surface area contributed by atoms with Crippen LogP contribution in [-0.4, -0.2) is 28.4 Å². The van der Waals surface area contributed by atoms with Crippen LogP contribution in [0.15, 0.2) is 122 Å². The smallest absolute Gasteiger partial charge is 0.285 e. The number of carbonyl (C=O) groups is 1. The van der Waals surface area contributed by atoms with Crippen molar-refractivity contribution in [1.29, 1.82) is 0 Å². The normalized spacial score (nSPS) is 13.3. The van der Waals surface area contributed by atoms with E-state index in [0.29, 0.717) is 6.54 Å². The minimum Gasteiger partial charge on any atom is -0.285 e. The number of Topliss-reactive ketones (excluding diaryl/α,β-unsaturated/α-hetero) is 1. The molecule has 1 heterocycles. The molecule has 5 aromatic carbocycles. The van der Waals surface area contributed by atoms with E-state index < -0.39 is 212 Å². The monoisotopic (exact) mass is 1120 g/mol. The fraction of sp³-hybridized carbons (Fsp3) is 0.222. The molecule has 0 aliphatic rings. The van der Waals surface area contributed by atoms with Crippen molar-refractivity contribution >= 4 is 33.8 Å². The predicted octanol–water partition coefficient (Wildman–Crippen LogP) is 12.1. The molecular formula is C45H24BF24N3O3. The zero-order valence-electron chi connectivity index (χ0n) is 36.7. The minimum absolute atomic E-state index is 0.107. The third kappa shape index (κ3) is 14.1. The Morgan fingerprint density at radius 1 is 0.447 bits per heavy atom. The molecule has 31 heteroatoms. The maximum absolute atomic E-state index is 14.2. The number of hydrogen-bond acceptors (Lipinski definition) is 4. The maximum Gasteiger partial charge on any atom is 0.416 e. The molecule has 0 aliphatic carbocycles. The lowest BCUT2D eigenvalue weighted by molar-refractivity contribution is -0.689. The van der Waals surface area contributed by atoms with Crippen molar-refractivity contribution in [3.63, 3.8) is 0 Å². The molecule has 0 N–H and O–H groups in total. The van der Waals surface area contributed by atoms with E-state index >= 15 is 0 Å². The summed E-state index contributed by atoms with van der Waals surface area (Å²) < 4.78 is 343. The van der Waals surface area contributed by atoms with Gasteiger partial charge in [0, 0.05) is 10.5 Å². The first-order chi connectivity index (χ1) is 34.4. The molecule has 0 atom stereocenters. The molecule has 0 saturated carbocycles. The second-order valence-electron chi connectivity index (χ2n) is 16.2. The van der Waals surface area contributed by atoms with E-state index in [1.54, 1.807) is 10.8 Å². The number of aromatic nitrogens is 2. The Labute approximate surface area is 408 Å². The second-order valence-corrected chi connectivity index (χ2v) is 16.2. The summed E-state index contributed by atoms with van der Waals surface area (Å²) in [5.74, 6) is -0.590. The van der Waals surface area contributed by atoms with Gasteiger partial charge in [-0.3, -0.25) is 14.9 Å². The summed E-state index contributed by atoms with van der Waals surface area (Å²) in [6, 6.07) is 0.894. The highest BCUT2D eigenvalue weighted by Gasteiger charge is 2.47. The van der Waals surface area contributed by atoms with Gasteiger partial charge in [-0.15, -0.1) is 0 Å². The molecule has 6 rings (SSSR count). The number of benzene rings is 5. The van der Waals surface area contributed by atoms with Crippen LogP contribution in [0, 0.1) is 10.1 Å². The van der Waals surface area contributed by atoms with Crippen LogP contribution in [0.2, 0.25) is 0 Å². The molecule has 0 spiro atoms. The van der Waals surface area contributed by atoms with Crippen molar-refractivity contribution in [1.82, 2.24) is 4.98 Å². The van der Waals surface area contributed by atoms with E-state index in [4.69, 9.17) is 0 Å². The van der Waals surface area contributed by atoms with Gasteiger partial charge in [-0.25, -0.2) is 4.98 Å². The van der Waals surface area contributed by atoms with E-state index in [1.807, 2.05) is 30.3 Å². The fourth-order valence-electron chi connectivity index (χ4n) is 7.74. The lowest BCUT2D eigenvalue weighted by atomic mass is 9.12. The molecule has 1 aromatic heterocycles. The van der Waals surface area contributed by atoms with Gasteiger partial charge < -0.3 is 0 Å². The number of alkyl halides is 24. The van der Waals surface area contributed by atoms with Gasteiger partial charge in [0.2, 0.25) is 0 Å². The third-order valence-corrected chi connectivity index (χ3v) is 11.0. The molecule has 6 nitrogen and oxygen atoms in total. The summed E-state index contributed by atoms with van der Waals surface area (Å²) in [6.07, 6.45) is -50.1. The number of rotatable bonds is 9. The van der Waals surface area contributed by atoms with Crippen LogP contribution in [0.1, 0.15) is 60.6 Å². The van der Waals surface area contributed by atoms with Crippen molar-refractivity contribution in [2.75, 3.05) is 6.54 Å². The SMILES string of the molecule is FC(F)(F)c1cc([B-](c2cc(C(F)(F)F)cc(C(F)(F)F)c2)(c2cc(C(F)(F)F)cc(C(F)(F)F)c2)c2cc(C(F)(F)F)cc(C(F)(F)F)c2)cc(C(F)(F)F)c1.O=C(C[N+](=O)[O-])c1c[n+](Cc2ccccc2)ccn1. The van der Waals surface area contributed by atoms with Gasteiger partial charge in [0.25, 0.3) is 12.3 Å². The first-order valence-corrected chi connectivity index (χ1v) is 20.3. The minimum atomic E-state index is -6.13. The average molecular weight is 1120 g/mol. The molecule has 408 valence electrons. The largest absolute Gasteiger partial charge is 0.416 e. The molecule has 0 unspecified atom stereocenters. The summed E-state index contributed by atoms with van der Waals surface area (Å²) in [5, 5.41) is 10.3. The summed E-state index contributed by atoms with van der Waals surface area (Å²) in [6.45, 7) is -0.148. The fourth-order valence-corrected chi connectivity index (χ4v) is 7.74. The number of carbonyl (C=O) groups excluding carboxylic acids is 1. The Kier molecular flexibility index (Phi) is 16.2. The van der Waals surface area contributed by atoms with Crippen molar-refractivity contribution in [2.45, 2.75) is 56.0 Å². The predicted molar refractivity (Wildman–Crippen MR) is 216 cm³/mol. The summed E-state index contributed by atoms with van der Waals surface area (Å²) in [5.41, 5.74) is -29.0. The molecule has 0 bridgehead atoms. The van der Waals surface area contributed by atoms with Crippen molar-refractivity contribution in [3.8, 4) is 0 Å². The van der Waals surface area contributed by atoms with E-state index in [2.05, 4.69) is 4.98 Å². The first-order valence-electron chi connectivity index (χ1n) is 20.3. The van der Waals surface area contributed by atoms with E-state index in [0.717, 1.165) is 5.56 Å². The number of nitro groups is 1. The molecule has 0 fully saturated rings. The Bertz CT molecular complexity index is 2660. The van der Waals surface area contributed by atoms with Crippen LogP contribution < -0.4 is 26.4 Å². The third-order valence-electron chi connectivity index (χ3n) is 11.0. The molecule has 76 heavy (non-hydrogen) atoms. The number of ketones is 1. The number of nitrogens with zero attached hydrogens (tertiary/aromatic N) is 3. The lowest BCUT2D eigenvalue weighted by Gasteiger charge is -2.46. The van der Waals surface area contributed by atoms with Gasteiger partial charge in [0.05, 0.1) is 50.7 Å². The first kappa shape index (κ1) is 59.5. The van der Waals surface area contributed by atoms with Crippen LogP contribution >= 0.6 is 0 Å². The highest BCUT2D eigenvalue weighted by atomic mass is 19.4. The highest BCUT2D eigenvalue weighted by Crippen LogP contribution is 2.41. The van der Waals surface area contributed by atoms with E-state index in [1.165, 1.54) is 12.4 Å². The zero-order chi connectivity index (χ0) is 57.6. The van der Waals surface area contributed by atoms with Crippen LogP contribution in [0.25, 0.3) is 0 Å². The van der Waals surface area contributed by atoms with Gasteiger partial charge in [0.15, 0.2) is 24.6 Å². The van der Waals surface area contributed by atoms with Gasteiger partial charge in [-0.1, -0.05) is 78.9 Å². The lowest BCUT2D eigenvalue weighted by Crippen LogP contribution is -2.75. The average Bonchev–Trinajstić information content (AvgIpc) is 3.27. The summed E-state index contributed by atoms with van der Waals surface area (Å²) in [4.78, 5) is 25.1.